The predicted octanol–water partition coefficient (Wildman–Crippen LogP) is 1.03. The fourth-order valence-electron chi connectivity index (χ4n) is 2.09. The smallest absolute Gasteiger partial charge is 0.258 e. The average molecular weight is 307 g/mol. The lowest BCUT2D eigenvalue weighted by atomic mass is 10.0. The summed E-state index contributed by atoms with van der Waals surface area (Å²) in [6.07, 6.45) is 1.47. The lowest BCUT2D eigenvalue weighted by Crippen LogP contribution is -2.40. The van der Waals surface area contributed by atoms with Gasteiger partial charge < -0.3 is 19.6 Å². The summed E-state index contributed by atoms with van der Waals surface area (Å²) in [5, 5.41) is 17.1. The molecular weight excluding hydrogens is 286 g/mol. The number of aryl methyl sites for hydroxylation is 2. The molecule has 0 fully saturated rings. The Morgan fingerprint density at radius 3 is 2.82 bits per heavy atom. The Hall–Kier alpha value is -2.28. The van der Waals surface area contributed by atoms with Crippen LogP contribution in [-0.4, -0.2) is 33.9 Å². The van der Waals surface area contributed by atoms with Gasteiger partial charge in [-0.15, -0.1) is 0 Å². The Bertz CT molecular complexity index is 644. The van der Waals surface area contributed by atoms with Gasteiger partial charge in [0.15, 0.2) is 12.4 Å². The van der Waals surface area contributed by atoms with Gasteiger partial charge in [-0.2, -0.15) is 5.10 Å². The van der Waals surface area contributed by atoms with E-state index in [0.29, 0.717) is 11.5 Å². The molecule has 2 aromatic heterocycles. The molecule has 1 unspecified atom stereocenters. The largest absolute Gasteiger partial charge is 0.480 e. The summed E-state index contributed by atoms with van der Waals surface area (Å²) < 4.78 is 12.4. The van der Waals surface area contributed by atoms with Crippen LogP contribution in [-0.2, 0) is 17.4 Å². The minimum Gasteiger partial charge on any atom is -0.480 e. The topological polar surface area (TPSA) is 89.5 Å². The van der Waals surface area contributed by atoms with Crippen LogP contribution in [0, 0.1) is 13.8 Å². The first kappa shape index (κ1) is 16.1. The molecule has 0 saturated carbocycles. The van der Waals surface area contributed by atoms with Gasteiger partial charge in [-0.05, 0) is 32.9 Å². The van der Waals surface area contributed by atoms with Gasteiger partial charge >= 0.3 is 0 Å². The summed E-state index contributed by atoms with van der Waals surface area (Å²) in [5.74, 6) is 0.678. The number of aromatic nitrogens is 2. The Kier molecular flexibility index (Phi) is 4.56. The lowest BCUT2D eigenvalue weighted by Gasteiger charge is -2.21. The molecule has 0 bridgehead atoms. The fraction of sp³-hybridized carbons (Fsp3) is 0.467. The third-order valence-corrected chi connectivity index (χ3v) is 3.47. The summed E-state index contributed by atoms with van der Waals surface area (Å²) in [6.45, 7) is 5.16. The maximum Gasteiger partial charge on any atom is 0.258 e. The molecule has 22 heavy (non-hydrogen) atoms. The highest BCUT2D eigenvalue weighted by Gasteiger charge is 2.26. The molecule has 0 saturated heterocycles. The zero-order valence-corrected chi connectivity index (χ0v) is 13.2. The maximum atomic E-state index is 11.9. The second-order valence-electron chi connectivity index (χ2n) is 5.44. The molecule has 2 heterocycles. The van der Waals surface area contributed by atoms with Gasteiger partial charge in [-0.25, -0.2) is 0 Å². The van der Waals surface area contributed by atoms with E-state index in [9.17, 15) is 9.90 Å². The molecule has 0 aromatic carbocycles. The van der Waals surface area contributed by atoms with Crippen LogP contribution in [0.4, 0.5) is 0 Å². The zero-order chi connectivity index (χ0) is 16.3. The molecule has 0 aliphatic carbocycles. The highest BCUT2D eigenvalue weighted by molar-refractivity contribution is 5.77. The van der Waals surface area contributed by atoms with Gasteiger partial charge in [0, 0.05) is 7.05 Å². The van der Waals surface area contributed by atoms with Crippen molar-refractivity contribution in [2.45, 2.75) is 26.4 Å². The van der Waals surface area contributed by atoms with E-state index >= 15 is 0 Å². The van der Waals surface area contributed by atoms with E-state index in [2.05, 4.69) is 10.4 Å². The van der Waals surface area contributed by atoms with Crippen LogP contribution in [0.1, 0.15) is 24.1 Å². The van der Waals surface area contributed by atoms with E-state index in [1.54, 1.807) is 23.7 Å². The Labute approximate surface area is 128 Å². The van der Waals surface area contributed by atoms with Crippen molar-refractivity contribution in [1.82, 2.24) is 15.1 Å². The first-order chi connectivity index (χ1) is 10.3. The van der Waals surface area contributed by atoms with Crippen molar-refractivity contribution in [2.24, 2.45) is 7.05 Å². The van der Waals surface area contributed by atoms with Crippen LogP contribution in [0.2, 0.25) is 0 Å². The van der Waals surface area contributed by atoms with E-state index in [0.717, 1.165) is 11.4 Å². The summed E-state index contributed by atoms with van der Waals surface area (Å²) in [5.41, 5.74) is 0.322. The zero-order valence-electron chi connectivity index (χ0n) is 13.2. The minimum absolute atomic E-state index is 0.0354. The van der Waals surface area contributed by atoms with Crippen LogP contribution in [0.25, 0.3) is 0 Å². The molecule has 7 heteroatoms. The number of rotatable bonds is 6. The van der Waals surface area contributed by atoms with Crippen LogP contribution in [0.5, 0.6) is 5.75 Å². The number of hydrogen-bond donors (Lipinski definition) is 2. The molecule has 2 N–H and O–H groups in total. The fourth-order valence-corrected chi connectivity index (χ4v) is 2.09. The minimum atomic E-state index is -1.26. The molecule has 120 valence electrons. The van der Waals surface area contributed by atoms with E-state index in [-0.39, 0.29) is 19.1 Å². The van der Waals surface area contributed by atoms with Crippen LogP contribution < -0.4 is 10.1 Å². The third-order valence-electron chi connectivity index (χ3n) is 3.47. The Morgan fingerprint density at radius 1 is 1.55 bits per heavy atom. The molecule has 1 atom stereocenters. The predicted molar refractivity (Wildman–Crippen MR) is 79.5 cm³/mol. The molecule has 0 aliphatic heterocycles. The van der Waals surface area contributed by atoms with Crippen LogP contribution >= 0.6 is 0 Å². The number of amides is 1. The standard InChI is InChI=1S/C15H21N3O4/c1-10-14(11(2)18(4)17-10)22-8-13(19)16-9-15(3,20)12-6-5-7-21-12/h5-7,20H,8-9H2,1-4H3,(H,16,19). The maximum absolute atomic E-state index is 11.9. The van der Waals surface area contributed by atoms with Crippen LogP contribution in [0.3, 0.4) is 0 Å². The lowest BCUT2D eigenvalue weighted by molar-refractivity contribution is -0.124. The molecule has 2 aromatic rings. The van der Waals surface area contributed by atoms with Gasteiger partial charge in [0.25, 0.3) is 5.91 Å². The van der Waals surface area contributed by atoms with E-state index in [4.69, 9.17) is 9.15 Å². The number of carbonyl (C=O) groups is 1. The molecule has 0 spiro atoms. The van der Waals surface area contributed by atoms with Gasteiger partial charge in [-0.1, -0.05) is 0 Å². The molecule has 7 nitrogen and oxygen atoms in total. The van der Waals surface area contributed by atoms with Crippen molar-refractivity contribution in [3.8, 4) is 5.75 Å². The molecular formula is C15H21N3O4. The van der Waals surface area contributed by atoms with Gasteiger partial charge in [0.1, 0.15) is 17.1 Å². The number of nitrogens with zero attached hydrogens (tertiary/aromatic N) is 2. The number of ether oxygens (including phenoxy) is 1. The molecule has 1 amide bonds. The second kappa shape index (κ2) is 6.23. The number of hydrogen-bond acceptors (Lipinski definition) is 5. The van der Waals surface area contributed by atoms with Crippen molar-refractivity contribution in [3.05, 3.63) is 35.5 Å². The summed E-state index contributed by atoms with van der Waals surface area (Å²) in [7, 11) is 1.82. The Morgan fingerprint density at radius 2 is 2.27 bits per heavy atom. The van der Waals surface area contributed by atoms with Crippen molar-refractivity contribution in [2.75, 3.05) is 13.2 Å². The normalized spacial score (nSPS) is 13.7. The highest BCUT2D eigenvalue weighted by Crippen LogP contribution is 2.21. The quantitative estimate of drug-likeness (QED) is 0.832. The monoisotopic (exact) mass is 307 g/mol. The number of carbonyl (C=O) groups excluding carboxylic acids is 1. The van der Waals surface area contributed by atoms with E-state index in [1.807, 2.05) is 20.9 Å². The molecule has 2 rings (SSSR count). The van der Waals surface area contributed by atoms with Crippen LogP contribution in [0.15, 0.2) is 22.8 Å². The van der Waals surface area contributed by atoms with Crippen molar-refractivity contribution in [1.29, 1.82) is 0 Å². The van der Waals surface area contributed by atoms with E-state index < -0.39 is 5.60 Å². The molecule has 0 aliphatic rings. The summed E-state index contributed by atoms with van der Waals surface area (Å²) in [4.78, 5) is 11.9. The SMILES string of the molecule is Cc1nn(C)c(C)c1OCC(=O)NCC(C)(O)c1ccco1. The second-order valence-corrected chi connectivity index (χ2v) is 5.44. The first-order valence-electron chi connectivity index (χ1n) is 6.97. The van der Waals surface area contributed by atoms with Crippen molar-refractivity contribution >= 4 is 5.91 Å². The number of furan rings is 1. The number of nitrogens with one attached hydrogen (secondary N) is 1. The van der Waals surface area contributed by atoms with Gasteiger partial charge in [0.2, 0.25) is 0 Å². The summed E-state index contributed by atoms with van der Waals surface area (Å²) in [6, 6.07) is 3.34. The highest BCUT2D eigenvalue weighted by atomic mass is 16.5. The number of aliphatic hydroxyl groups is 1. The third kappa shape index (κ3) is 3.48. The van der Waals surface area contributed by atoms with Crippen molar-refractivity contribution in [3.63, 3.8) is 0 Å². The molecule has 0 radical (unpaired) electrons. The summed E-state index contributed by atoms with van der Waals surface area (Å²) >= 11 is 0. The van der Waals surface area contributed by atoms with E-state index in [1.165, 1.54) is 6.26 Å². The first-order valence-corrected chi connectivity index (χ1v) is 6.97. The van der Waals surface area contributed by atoms with Gasteiger partial charge in [0.05, 0.1) is 18.5 Å². The Balaban J connectivity index is 1.86. The van der Waals surface area contributed by atoms with Crippen molar-refractivity contribution < 1.29 is 19.1 Å². The van der Waals surface area contributed by atoms with Gasteiger partial charge in [-0.3, -0.25) is 9.48 Å². The average Bonchev–Trinajstić information content (AvgIpc) is 3.06.